The first-order valence-electron chi connectivity index (χ1n) is 2.58. The first-order valence-corrected chi connectivity index (χ1v) is 2.58. The second-order valence-electron chi connectivity index (χ2n) is 1.81. The van der Waals surface area contributed by atoms with Crippen LogP contribution in [0.4, 0.5) is 5.69 Å². The number of hydrogen-bond acceptors (Lipinski definition) is 0. The van der Waals surface area contributed by atoms with Crippen molar-refractivity contribution in [1.29, 1.82) is 0 Å². The molecule has 0 fully saturated rings. The van der Waals surface area contributed by atoms with Crippen LogP contribution in [-0.4, -0.2) is 0 Å². The summed E-state index contributed by atoms with van der Waals surface area (Å²) in [5, 5.41) is 0. The zero-order valence-electron chi connectivity index (χ0n) is 5.39. The van der Waals surface area contributed by atoms with Gasteiger partial charge in [0.05, 0.1) is 0 Å². The van der Waals surface area contributed by atoms with Crippen LogP contribution in [0.3, 0.4) is 0 Å². The SMILES string of the molecule is Cc1ccccc1[NH-].[Ac]. The van der Waals surface area contributed by atoms with Gasteiger partial charge in [0, 0.05) is 44.1 Å². The molecule has 0 saturated heterocycles. The topological polar surface area (TPSA) is 23.8 Å². The average molecular weight is 333 g/mol. The molecular weight excluding hydrogens is 325 g/mol. The molecule has 0 bridgehead atoms. The smallest absolute Gasteiger partial charge is 0 e. The fraction of sp³-hybridized carbons (Fsp3) is 0.143. The standard InChI is InChI=1S/C7H8N.Ac/c1-6-4-2-3-5-7(6)8;/h2-5,8H,1H3;/q-1;. The van der Waals surface area contributed by atoms with Crippen LogP contribution < -0.4 is 0 Å². The molecule has 1 N–H and O–H groups in total. The van der Waals surface area contributed by atoms with Gasteiger partial charge in [0.15, 0.2) is 0 Å². The summed E-state index contributed by atoms with van der Waals surface area (Å²) in [5.41, 5.74) is 8.87. The van der Waals surface area contributed by atoms with Crippen LogP contribution in [0.5, 0.6) is 0 Å². The third kappa shape index (κ3) is 2.69. The van der Waals surface area contributed by atoms with Crippen molar-refractivity contribution in [2.75, 3.05) is 0 Å². The minimum atomic E-state index is 0. The summed E-state index contributed by atoms with van der Waals surface area (Å²) in [6.07, 6.45) is 0. The zero-order valence-corrected chi connectivity index (χ0v) is 10.1. The van der Waals surface area contributed by atoms with Crippen molar-refractivity contribution < 1.29 is 44.1 Å². The Morgan fingerprint density at radius 3 is 2.11 bits per heavy atom. The molecule has 9 heavy (non-hydrogen) atoms. The third-order valence-electron chi connectivity index (χ3n) is 1.15. The molecule has 45 valence electrons. The van der Waals surface area contributed by atoms with E-state index in [4.69, 9.17) is 5.73 Å². The van der Waals surface area contributed by atoms with Crippen molar-refractivity contribution in [3.63, 3.8) is 0 Å². The van der Waals surface area contributed by atoms with Gasteiger partial charge in [-0.15, -0.1) is 5.69 Å². The monoisotopic (exact) mass is 333 g/mol. The van der Waals surface area contributed by atoms with Crippen molar-refractivity contribution >= 4 is 5.69 Å². The Morgan fingerprint density at radius 1 is 1.22 bits per heavy atom. The number of nitrogens with one attached hydrogen (secondary N) is 1. The summed E-state index contributed by atoms with van der Waals surface area (Å²) in [7, 11) is 0. The second kappa shape index (κ2) is 4.30. The van der Waals surface area contributed by atoms with Gasteiger partial charge in [0.25, 0.3) is 0 Å². The molecule has 0 aliphatic rings. The van der Waals surface area contributed by atoms with Crippen molar-refractivity contribution in [1.82, 2.24) is 0 Å². The zero-order chi connectivity index (χ0) is 5.98. The Hall–Kier alpha value is 0.462. The van der Waals surface area contributed by atoms with Gasteiger partial charge in [0.1, 0.15) is 0 Å². The minimum absolute atomic E-state index is 0. The molecule has 2 heteroatoms. The first kappa shape index (κ1) is 9.46. The van der Waals surface area contributed by atoms with E-state index in [-0.39, 0.29) is 44.1 Å². The van der Waals surface area contributed by atoms with E-state index >= 15 is 0 Å². The van der Waals surface area contributed by atoms with Gasteiger partial charge < -0.3 is 5.73 Å². The van der Waals surface area contributed by atoms with Crippen molar-refractivity contribution in [3.05, 3.63) is 35.6 Å². The molecular formula is C7H8AcN-. The molecule has 1 aromatic carbocycles. The van der Waals surface area contributed by atoms with Crippen LogP contribution in [0.1, 0.15) is 5.56 Å². The maximum absolute atomic E-state index is 7.22. The van der Waals surface area contributed by atoms with Crippen LogP contribution in [0.25, 0.3) is 5.73 Å². The summed E-state index contributed by atoms with van der Waals surface area (Å²) >= 11 is 0. The molecule has 1 rings (SSSR count). The van der Waals surface area contributed by atoms with Crippen molar-refractivity contribution in [3.8, 4) is 0 Å². The Labute approximate surface area is 91.2 Å². The van der Waals surface area contributed by atoms with Gasteiger partial charge in [-0.05, 0) is 6.92 Å². The summed E-state index contributed by atoms with van der Waals surface area (Å²) in [4.78, 5) is 0. The molecule has 0 unspecified atom stereocenters. The average Bonchev–Trinajstić information content (AvgIpc) is 1.77. The Morgan fingerprint density at radius 2 is 1.78 bits per heavy atom. The van der Waals surface area contributed by atoms with Gasteiger partial charge in [0.2, 0.25) is 0 Å². The van der Waals surface area contributed by atoms with E-state index in [1.165, 1.54) is 0 Å². The van der Waals surface area contributed by atoms with E-state index < -0.39 is 0 Å². The van der Waals surface area contributed by atoms with Crippen LogP contribution in [0, 0.1) is 51.0 Å². The Bertz CT molecular complexity index is 165. The number of aryl methyl sites for hydroxylation is 1. The molecule has 1 aromatic rings. The fourth-order valence-corrected chi connectivity index (χ4v) is 0.573. The van der Waals surface area contributed by atoms with E-state index in [1.807, 2.05) is 25.1 Å². The van der Waals surface area contributed by atoms with Crippen molar-refractivity contribution in [2.45, 2.75) is 6.92 Å². The van der Waals surface area contributed by atoms with Gasteiger partial charge in [-0.2, -0.15) is 0 Å². The van der Waals surface area contributed by atoms with Crippen LogP contribution in [0.15, 0.2) is 24.3 Å². The fourth-order valence-electron chi connectivity index (χ4n) is 0.573. The molecule has 0 aliphatic carbocycles. The number of hydrogen-bond donors (Lipinski definition) is 0. The second-order valence-corrected chi connectivity index (χ2v) is 1.81. The number of benzene rings is 1. The van der Waals surface area contributed by atoms with Gasteiger partial charge in [-0.3, -0.25) is 0 Å². The molecule has 0 aromatic heterocycles. The van der Waals surface area contributed by atoms with Crippen LogP contribution >= 0.6 is 0 Å². The molecule has 0 atom stereocenters. The third-order valence-corrected chi connectivity index (χ3v) is 1.15. The molecule has 0 amide bonds. The predicted octanol–water partition coefficient (Wildman–Crippen LogP) is 2.68. The van der Waals surface area contributed by atoms with E-state index in [1.54, 1.807) is 6.07 Å². The summed E-state index contributed by atoms with van der Waals surface area (Å²) in [6, 6.07) is 7.53. The minimum Gasteiger partial charge on any atom is -0.699 e. The molecule has 0 heterocycles. The molecule has 1 nitrogen and oxygen atoms in total. The number of rotatable bonds is 0. The van der Waals surface area contributed by atoms with Gasteiger partial charge >= 0.3 is 0 Å². The maximum atomic E-state index is 7.22. The van der Waals surface area contributed by atoms with E-state index in [0.717, 1.165) is 5.56 Å². The summed E-state index contributed by atoms with van der Waals surface area (Å²) < 4.78 is 0. The van der Waals surface area contributed by atoms with E-state index in [0.29, 0.717) is 5.69 Å². The molecule has 1 radical (unpaired) electrons. The normalized spacial score (nSPS) is 8.11. The molecule has 0 spiro atoms. The summed E-state index contributed by atoms with van der Waals surface area (Å²) in [6.45, 7) is 1.93. The Kier molecular flexibility index (Phi) is 4.53. The van der Waals surface area contributed by atoms with Crippen LogP contribution in [-0.2, 0) is 0 Å². The van der Waals surface area contributed by atoms with E-state index in [2.05, 4.69) is 0 Å². The van der Waals surface area contributed by atoms with Crippen LogP contribution in [0.2, 0.25) is 0 Å². The summed E-state index contributed by atoms with van der Waals surface area (Å²) in [5.74, 6) is 0. The first-order chi connectivity index (χ1) is 3.80. The van der Waals surface area contributed by atoms with Gasteiger partial charge in [-0.1, -0.05) is 29.8 Å². The quantitative estimate of drug-likeness (QED) is 0.697. The van der Waals surface area contributed by atoms with E-state index in [9.17, 15) is 0 Å². The maximum Gasteiger partial charge on any atom is 0 e. The predicted molar refractivity (Wildman–Crippen MR) is 35.2 cm³/mol. The molecule has 0 aliphatic heterocycles. The van der Waals surface area contributed by atoms with Gasteiger partial charge in [-0.25, -0.2) is 0 Å². The van der Waals surface area contributed by atoms with Crippen molar-refractivity contribution in [2.24, 2.45) is 0 Å². The largest absolute Gasteiger partial charge is 0.699 e. The molecule has 0 saturated carbocycles. The Balaban J connectivity index is 0.000000640.